The molecule has 1 fully saturated rings. The zero-order valence-electron chi connectivity index (χ0n) is 18.6. The molecule has 35 heavy (non-hydrogen) atoms. The number of β-amino-alcohol motifs (C(OH)–C–C–N with tert-alkyl or cyclic N) is 1. The second-order valence-corrected chi connectivity index (χ2v) is 8.69. The molecule has 5 rings (SSSR count). The maximum Gasteiger partial charge on any atom is 0.141 e. The van der Waals surface area contributed by atoms with Crippen molar-refractivity contribution in [3.63, 3.8) is 0 Å². The number of nitriles is 1. The van der Waals surface area contributed by atoms with Crippen LogP contribution in [-0.4, -0.2) is 40.4 Å². The molecule has 0 radical (unpaired) electrons. The summed E-state index contributed by atoms with van der Waals surface area (Å²) in [5.41, 5.74) is 9.40. The first-order valence-corrected chi connectivity index (χ1v) is 11.2. The predicted molar refractivity (Wildman–Crippen MR) is 130 cm³/mol. The normalized spacial score (nSPS) is 18.0. The van der Waals surface area contributed by atoms with Gasteiger partial charge in [-0.15, -0.1) is 0 Å². The number of hydrogen-bond acceptors (Lipinski definition) is 6. The maximum absolute atomic E-state index is 14.1. The number of phenols is 1. The Morgan fingerprint density at radius 1 is 1.03 bits per heavy atom. The van der Waals surface area contributed by atoms with Gasteiger partial charge >= 0.3 is 0 Å². The summed E-state index contributed by atoms with van der Waals surface area (Å²) in [5, 5.41) is 31.1. The minimum atomic E-state index is -0.774. The molecule has 0 aliphatic carbocycles. The summed E-state index contributed by atoms with van der Waals surface area (Å²) in [6.07, 6.45) is 1.33. The van der Waals surface area contributed by atoms with Crippen LogP contribution in [0, 0.1) is 23.0 Å². The topological polar surface area (TPSA) is 106 Å². The van der Waals surface area contributed by atoms with E-state index >= 15 is 0 Å². The van der Waals surface area contributed by atoms with E-state index in [4.69, 9.17) is 5.73 Å². The zero-order valence-corrected chi connectivity index (χ0v) is 18.6. The van der Waals surface area contributed by atoms with Crippen LogP contribution < -0.4 is 10.6 Å². The number of benzene rings is 3. The van der Waals surface area contributed by atoms with Crippen LogP contribution in [0.3, 0.4) is 0 Å². The number of aromatic nitrogens is 1. The molecule has 0 saturated carbocycles. The Morgan fingerprint density at radius 2 is 1.80 bits per heavy atom. The largest absolute Gasteiger partial charge is 0.506 e. The number of aromatic hydroxyl groups is 1. The lowest BCUT2D eigenvalue weighted by molar-refractivity contribution is 0.132. The van der Waals surface area contributed by atoms with Gasteiger partial charge in [-0.25, -0.2) is 8.78 Å². The van der Waals surface area contributed by atoms with Gasteiger partial charge in [-0.2, -0.15) is 5.26 Å². The van der Waals surface area contributed by atoms with E-state index in [0.29, 0.717) is 51.8 Å². The number of piperidine rings is 1. The highest BCUT2D eigenvalue weighted by Gasteiger charge is 2.28. The predicted octanol–water partition coefficient (Wildman–Crippen LogP) is 4.32. The van der Waals surface area contributed by atoms with Crippen molar-refractivity contribution in [1.29, 1.82) is 5.26 Å². The van der Waals surface area contributed by atoms with Crippen molar-refractivity contribution in [2.75, 3.05) is 18.0 Å². The summed E-state index contributed by atoms with van der Waals surface area (Å²) in [5.74, 6) is -1.55. The number of halogens is 2. The van der Waals surface area contributed by atoms with Crippen LogP contribution in [0.25, 0.3) is 33.2 Å². The second-order valence-electron chi connectivity index (χ2n) is 8.69. The Kier molecular flexibility index (Phi) is 5.81. The molecule has 1 aromatic heterocycles. The summed E-state index contributed by atoms with van der Waals surface area (Å²) >= 11 is 0. The van der Waals surface area contributed by atoms with Gasteiger partial charge in [0, 0.05) is 47.9 Å². The maximum atomic E-state index is 14.1. The SMILES string of the molecule is N#Cc1cccc(-c2ccc3ncc(-c4cc(F)cc(F)c4)c(N4CCC(N)C(O)C4)c3c2)c1O. The van der Waals surface area contributed by atoms with E-state index in [1.54, 1.807) is 30.5 Å². The number of aliphatic hydroxyl groups is 1. The number of para-hydroxylation sites is 1. The van der Waals surface area contributed by atoms with Crippen molar-refractivity contribution < 1.29 is 19.0 Å². The molecular weight excluding hydrogens is 450 g/mol. The third kappa shape index (κ3) is 4.16. The number of aliphatic hydroxyl groups excluding tert-OH is 1. The van der Waals surface area contributed by atoms with E-state index < -0.39 is 17.7 Å². The minimum Gasteiger partial charge on any atom is -0.506 e. The van der Waals surface area contributed by atoms with E-state index in [-0.39, 0.29) is 23.9 Å². The molecule has 3 aromatic carbocycles. The number of rotatable bonds is 3. The summed E-state index contributed by atoms with van der Waals surface area (Å²) < 4.78 is 28.3. The number of fused-ring (bicyclic) bond motifs is 1. The van der Waals surface area contributed by atoms with Gasteiger partial charge in [-0.3, -0.25) is 4.98 Å². The fraction of sp³-hybridized carbons (Fsp3) is 0.185. The van der Waals surface area contributed by atoms with Gasteiger partial charge < -0.3 is 20.8 Å². The lowest BCUT2D eigenvalue weighted by Gasteiger charge is -2.37. The standard InChI is InChI=1S/C27H22F2N4O2/c28-18-8-17(9-19(29)11-18)22-13-32-24-5-4-15(20-3-1-2-16(12-30)27(20)35)10-21(24)26(22)33-7-6-23(31)25(34)14-33/h1-5,8-11,13,23,25,34-35H,6-7,14,31H2. The van der Waals surface area contributed by atoms with E-state index in [1.165, 1.54) is 18.2 Å². The molecule has 4 aromatic rings. The molecular formula is C27H22F2N4O2. The van der Waals surface area contributed by atoms with Crippen molar-refractivity contribution in [2.24, 2.45) is 5.73 Å². The molecule has 6 nitrogen and oxygen atoms in total. The molecule has 1 aliphatic heterocycles. The monoisotopic (exact) mass is 472 g/mol. The quantitative estimate of drug-likeness (QED) is 0.410. The smallest absolute Gasteiger partial charge is 0.141 e. The van der Waals surface area contributed by atoms with Crippen molar-refractivity contribution in [3.8, 4) is 34.1 Å². The first-order chi connectivity index (χ1) is 16.9. The Bertz CT molecular complexity index is 1460. The highest BCUT2D eigenvalue weighted by molar-refractivity contribution is 6.02. The zero-order chi connectivity index (χ0) is 24.7. The van der Waals surface area contributed by atoms with E-state index in [2.05, 4.69) is 4.98 Å². The fourth-order valence-electron chi connectivity index (χ4n) is 4.63. The molecule has 8 heteroatoms. The highest BCUT2D eigenvalue weighted by atomic mass is 19.1. The van der Waals surface area contributed by atoms with E-state index in [0.717, 1.165) is 6.07 Å². The van der Waals surface area contributed by atoms with Gasteiger partial charge in [-0.1, -0.05) is 18.2 Å². The van der Waals surface area contributed by atoms with Gasteiger partial charge in [0.1, 0.15) is 23.5 Å². The van der Waals surface area contributed by atoms with Crippen molar-refractivity contribution in [1.82, 2.24) is 4.98 Å². The number of pyridine rings is 1. The fourth-order valence-corrected chi connectivity index (χ4v) is 4.63. The van der Waals surface area contributed by atoms with Crippen molar-refractivity contribution in [3.05, 3.63) is 78.0 Å². The minimum absolute atomic E-state index is 0.133. The number of phenolic OH excluding ortho intramolecular Hbond substituents is 1. The van der Waals surface area contributed by atoms with Crippen LogP contribution in [0.5, 0.6) is 5.75 Å². The van der Waals surface area contributed by atoms with Crippen LogP contribution in [0.1, 0.15) is 12.0 Å². The number of anilines is 1. The molecule has 0 amide bonds. The summed E-state index contributed by atoms with van der Waals surface area (Å²) in [4.78, 5) is 6.47. The third-order valence-electron chi connectivity index (χ3n) is 6.43. The molecule has 0 bridgehead atoms. The summed E-state index contributed by atoms with van der Waals surface area (Å²) in [6.45, 7) is 0.770. The summed E-state index contributed by atoms with van der Waals surface area (Å²) in [6, 6.07) is 15.2. The molecule has 2 atom stereocenters. The van der Waals surface area contributed by atoms with Gasteiger partial charge in [0.25, 0.3) is 0 Å². The highest BCUT2D eigenvalue weighted by Crippen LogP contribution is 2.41. The van der Waals surface area contributed by atoms with Crippen LogP contribution in [0.4, 0.5) is 14.5 Å². The van der Waals surface area contributed by atoms with E-state index in [1.807, 2.05) is 17.0 Å². The molecule has 4 N–H and O–H groups in total. The number of nitrogens with two attached hydrogens (primary N) is 1. The molecule has 1 aliphatic rings. The average molecular weight is 472 g/mol. The van der Waals surface area contributed by atoms with Crippen LogP contribution in [0.15, 0.2) is 60.8 Å². The lowest BCUT2D eigenvalue weighted by atomic mass is 9.95. The second kappa shape index (κ2) is 8.95. The lowest BCUT2D eigenvalue weighted by Crippen LogP contribution is -2.50. The molecule has 176 valence electrons. The van der Waals surface area contributed by atoms with Gasteiger partial charge in [0.05, 0.1) is 22.9 Å². The van der Waals surface area contributed by atoms with Crippen LogP contribution in [0.2, 0.25) is 0 Å². The van der Waals surface area contributed by atoms with Gasteiger partial charge in [0.2, 0.25) is 0 Å². The third-order valence-corrected chi connectivity index (χ3v) is 6.43. The Morgan fingerprint density at radius 3 is 2.51 bits per heavy atom. The Hall–Kier alpha value is -4.06. The number of hydrogen-bond donors (Lipinski definition) is 3. The van der Waals surface area contributed by atoms with Crippen LogP contribution in [-0.2, 0) is 0 Å². The Balaban J connectivity index is 1.77. The average Bonchev–Trinajstić information content (AvgIpc) is 2.84. The van der Waals surface area contributed by atoms with Gasteiger partial charge in [0.15, 0.2) is 0 Å². The molecule has 2 unspecified atom stereocenters. The van der Waals surface area contributed by atoms with E-state index in [9.17, 15) is 24.3 Å². The van der Waals surface area contributed by atoms with Crippen molar-refractivity contribution >= 4 is 16.6 Å². The first kappa shape index (κ1) is 22.7. The Labute approximate surface area is 200 Å². The van der Waals surface area contributed by atoms with Crippen molar-refractivity contribution in [2.45, 2.75) is 18.6 Å². The summed E-state index contributed by atoms with van der Waals surface area (Å²) in [7, 11) is 0. The molecule has 2 heterocycles. The van der Waals surface area contributed by atoms with Gasteiger partial charge in [-0.05, 0) is 47.9 Å². The number of nitrogens with zero attached hydrogens (tertiary/aromatic N) is 3. The molecule has 0 spiro atoms. The van der Waals surface area contributed by atoms with Crippen LogP contribution >= 0.6 is 0 Å². The molecule has 1 saturated heterocycles. The first-order valence-electron chi connectivity index (χ1n) is 11.2.